The second-order valence-corrected chi connectivity index (χ2v) is 5.35. The first-order chi connectivity index (χ1) is 7.89. The fourth-order valence-corrected chi connectivity index (χ4v) is 2.62. The standard InChI is InChI=1S/C11H19N3O2S/c1-8-7-9(14(4)13-8)17-6-5-11(2,12-3)10(15)16/h7,12H,5-6H2,1-4H3,(H,15,16). The van der Waals surface area contributed by atoms with Crippen LogP contribution in [0.25, 0.3) is 0 Å². The van der Waals surface area contributed by atoms with E-state index in [4.69, 9.17) is 5.11 Å². The fourth-order valence-electron chi connectivity index (χ4n) is 1.42. The van der Waals surface area contributed by atoms with Crippen LogP contribution in [-0.4, -0.2) is 39.2 Å². The first kappa shape index (κ1) is 14.1. The summed E-state index contributed by atoms with van der Waals surface area (Å²) in [5, 5.41) is 17.3. The molecule has 0 saturated heterocycles. The van der Waals surface area contributed by atoms with Gasteiger partial charge in [0.2, 0.25) is 0 Å². The van der Waals surface area contributed by atoms with Crippen LogP contribution in [0.1, 0.15) is 19.0 Å². The summed E-state index contributed by atoms with van der Waals surface area (Å²) < 4.78 is 1.82. The molecule has 5 nitrogen and oxygen atoms in total. The van der Waals surface area contributed by atoms with E-state index in [9.17, 15) is 4.79 Å². The average Bonchev–Trinajstić information content (AvgIpc) is 2.57. The van der Waals surface area contributed by atoms with Gasteiger partial charge < -0.3 is 10.4 Å². The number of carboxylic acid groups (broad SMARTS) is 1. The Bertz CT molecular complexity index is 405. The van der Waals surface area contributed by atoms with E-state index in [2.05, 4.69) is 10.4 Å². The van der Waals surface area contributed by atoms with Crippen LogP contribution in [0.5, 0.6) is 0 Å². The molecule has 0 radical (unpaired) electrons. The summed E-state index contributed by atoms with van der Waals surface area (Å²) in [5.41, 5.74) is 0.116. The lowest BCUT2D eigenvalue weighted by Gasteiger charge is -2.23. The van der Waals surface area contributed by atoms with Gasteiger partial charge >= 0.3 is 5.97 Å². The highest BCUT2D eigenvalue weighted by molar-refractivity contribution is 7.99. The lowest BCUT2D eigenvalue weighted by atomic mass is 10.00. The number of hydrogen-bond donors (Lipinski definition) is 2. The summed E-state index contributed by atoms with van der Waals surface area (Å²) in [6, 6.07) is 2.00. The molecular weight excluding hydrogens is 238 g/mol. The number of rotatable bonds is 6. The van der Waals surface area contributed by atoms with Gasteiger partial charge in [0.25, 0.3) is 0 Å². The molecule has 0 bridgehead atoms. The summed E-state index contributed by atoms with van der Waals surface area (Å²) in [6.07, 6.45) is 0.563. The van der Waals surface area contributed by atoms with Crippen molar-refractivity contribution >= 4 is 17.7 Å². The number of nitrogens with one attached hydrogen (secondary N) is 1. The molecule has 0 spiro atoms. The minimum atomic E-state index is -0.860. The smallest absolute Gasteiger partial charge is 0.323 e. The van der Waals surface area contributed by atoms with Crippen molar-refractivity contribution in [2.75, 3.05) is 12.8 Å². The van der Waals surface area contributed by atoms with E-state index >= 15 is 0 Å². The minimum Gasteiger partial charge on any atom is -0.480 e. The van der Waals surface area contributed by atoms with Gasteiger partial charge in [0.05, 0.1) is 10.7 Å². The molecule has 1 heterocycles. The quantitative estimate of drug-likeness (QED) is 0.751. The number of carbonyl (C=O) groups is 1. The van der Waals surface area contributed by atoms with Gasteiger partial charge in [-0.25, -0.2) is 0 Å². The van der Waals surface area contributed by atoms with E-state index in [1.165, 1.54) is 0 Å². The van der Waals surface area contributed by atoms with Crippen LogP contribution in [0.15, 0.2) is 11.1 Å². The number of thioether (sulfide) groups is 1. The van der Waals surface area contributed by atoms with E-state index in [0.29, 0.717) is 6.42 Å². The van der Waals surface area contributed by atoms with Gasteiger partial charge in [-0.05, 0) is 33.4 Å². The Hall–Kier alpha value is -1.01. The van der Waals surface area contributed by atoms with Crippen molar-refractivity contribution in [2.24, 2.45) is 7.05 Å². The average molecular weight is 257 g/mol. The van der Waals surface area contributed by atoms with Crippen LogP contribution >= 0.6 is 11.8 Å². The Kier molecular flexibility index (Phi) is 4.59. The van der Waals surface area contributed by atoms with E-state index in [1.807, 2.05) is 24.7 Å². The van der Waals surface area contributed by atoms with Crippen LogP contribution in [0, 0.1) is 6.92 Å². The number of hydrogen-bond acceptors (Lipinski definition) is 4. The molecule has 0 amide bonds. The summed E-state index contributed by atoms with van der Waals surface area (Å²) in [5.74, 6) is -0.0791. The van der Waals surface area contributed by atoms with Crippen molar-refractivity contribution in [1.82, 2.24) is 15.1 Å². The van der Waals surface area contributed by atoms with Crippen molar-refractivity contribution in [3.05, 3.63) is 11.8 Å². The Morgan fingerprint density at radius 3 is 2.76 bits per heavy atom. The fraction of sp³-hybridized carbons (Fsp3) is 0.636. The first-order valence-corrected chi connectivity index (χ1v) is 6.43. The maximum absolute atomic E-state index is 11.1. The molecule has 0 fully saturated rings. The largest absolute Gasteiger partial charge is 0.480 e. The maximum atomic E-state index is 11.1. The van der Waals surface area contributed by atoms with Crippen molar-refractivity contribution < 1.29 is 9.90 Å². The Morgan fingerprint density at radius 2 is 2.35 bits per heavy atom. The molecule has 96 valence electrons. The Balaban J connectivity index is 2.52. The maximum Gasteiger partial charge on any atom is 0.323 e. The second-order valence-electron chi connectivity index (χ2n) is 4.23. The van der Waals surface area contributed by atoms with Crippen LogP contribution < -0.4 is 5.32 Å². The third kappa shape index (κ3) is 3.47. The van der Waals surface area contributed by atoms with Crippen LogP contribution in [0.4, 0.5) is 0 Å². The van der Waals surface area contributed by atoms with Crippen molar-refractivity contribution in [3.8, 4) is 0 Å². The van der Waals surface area contributed by atoms with Gasteiger partial charge in [-0.3, -0.25) is 9.48 Å². The van der Waals surface area contributed by atoms with E-state index in [1.54, 1.807) is 25.7 Å². The summed E-state index contributed by atoms with van der Waals surface area (Å²) in [6.45, 7) is 3.64. The van der Waals surface area contributed by atoms with Crippen LogP contribution in [-0.2, 0) is 11.8 Å². The zero-order chi connectivity index (χ0) is 13.1. The third-order valence-corrected chi connectivity index (χ3v) is 3.92. The molecule has 0 aliphatic rings. The third-order valence-electron chi connectivity index (χ3n) is 2.83. The predicted molar refractivity (Wildman–Crippen MR) is 68.4 cm³/mol. The first-order valence-electron chi connectivity index (χ1n) is 5.45. The molecule has 17 heavy (non-hydrogen) atoms. The molecule has 1 aromatic heterocycles. The van der Waals surface area contributed by atoms with Gasteiger partial charge in [0, 0.05) is 12.8 Å². The van der Waals surface area contributed by atoms with Gasteiger partial charge in [0.15, 0.2) is 0 Å². The molecule has 0 aliphatic heterocycles. The number of aryl methyl sites for hydroxylation is 2. The number of likely N-dealkylation sites (N-methyl/N-ethyl adjacent to an activating group) is 1. The summed E-state index contributed by atoms with van der Waals surface area (Å²) in [4.78, 5) is 11.1. The van der Waals surface area contributed by atoms with Gasteiger partial charge in [-0.15, -0.1) is 11.8 Å². The second kappa shape index (κ2) is 5.55. The Labute approximate surface area is 106 Å². The number of aromatic nitrogens is 2. The van der Waals surface area contributed by atoms with Gasteiger partial charge in [-0.2, -0.15) is 5.10 Å². The Morgan fingerprint density at radius 1 is 1.71 bits per heavy atom. The van der Waals surface area contributed by atoms with Crippen molar-refractivity contribution in [2.45, 2.75) is 30.8 Å². The SMILES string of the molecule is CNC(C)(CCSc1cc(C)nn1C)C(=O)O. The van der Waals surface area contributed by atoms with Crippen molar-refractivity contribution in [1.29, 1.82) is 0 Å². The topological polar surface area (TPSA) is 67.2 Å². The van der Waals surface area contributed by atoms with Crippen molar-refractivity contribution in [3.63, 3.8) is 0 Å². The zero-order valence-corrected chi connectivity index (χ0v) is 11.5. The van der Waals surface area contributed by atoms with Gasteiger partial charge in [0.1, 0.15) is 5.54 Å². The highest BCUT2D eigenvalue weighted by Crippen LogP contribution is 2.22. The highest BCUT2D eigenvalue weighted by atomic mass is 32.2. The number of nitrogens with zero attached hydrogens (tertiary/aromatic N) is 2. The molecule has 6 heteroatoms. The van der Waals surface area contributed by atoms with E-state index in [0.717, 1.165) is 16.5 Å². The normalized spacial score (nSPS) is 14.6. The van der Waals surface area contributed by atoms with E-state index < -0.39 is 11.5 Å². The van der Waals surface area contributed by atoms with E-state index in [-0.39, 0.29) is 0 Å². The number of aliphatic carboxylic acids is 1. The minimum absolute atomic E-state index is 0.563. The molecule has 0 saturated carbocycles. The summed E-state index contributed by atoms with van der Waals surface area (Å²) in [7, 11) is 3.57. The molecular formula is C11H19N3O2S. The number of carboxylic acids is 1. The predicted octanol–water partition coefficient (Wildman–Crippen LogP) is 1.27. The monoisotopic (exact) mass is 257 g/mol. The molecule has 0 aromatic carbocycles. The lowest BCUT2D eigenvalue weighted by molar-refractivity contribution is -0.144. The zero-order valence-electron chi connectivity index (χ0n) is 10.6. The highest BCUT2D eigenvalue weighted by Gasteiger charge is 2.30. The molecule has 1 unspecified atom stereocenters. The lowest BCUT2D eigenvalue weighted by Crippen LogP contribution is -2.47. The molecule has 2 N–H and O–H groups in total. The summed E-state index contributed by atoms with van der Waals surface area (Å²) >= 11 is 1.62. The molecule has 1 aromatic rings. The molecule has 1 rings (SSSR count). The van der Waals surface area contributed by atoms with Gasteiger partial charge in [-0.1, -0.05) is 0 Å². The molecule has 1 atom stereocenters. The van der Waals surface area contributed by atoms with Crippen LogP contribution in [0.2, 0.25) is 0 Å². The molecule has 0 aliphatic carbocycles. The van der Waals surface area contributed by atoms with Crippen LogP contribution in [0.3, 0.4) is 0 Å².